The van der Waals surface area contributed by atoms with Crippen molar-refractivity contribution in [3.63, 3.8) is 0 Å². The average Bonchev–Trinajstić information content (AvgIpc) is 2.84. The molecule has 2 rings (SSSR count). The van der Waals surface area contributed by atoms with E-state index < -0.39 is 0 Å². The molecule has 0 unspecified atom stereocenters. The van der Waals surface area contributed by atoms with E-state index in [4.69, 9.17) is 0 Å². The van der Waals surface area contributed by atoms with Crippen molar-refractivity contribution in [3.8, 4) is 0 Å². The summed E-state index contributed by atoms with van der Waals surface area (Å²) in [6.45, 7) is 7.26. The average molecular weight is 252 g/mol. The first kappa shape index (κ1) is 11.8. The van der Waals surface area contributed by atoms with Crippen LogP contribution >= 0.6 is 22.7 Å². The fourth-order valence-electron chi connectivity index (χ4n) is 1.62. The number of thiazole rings is 1. The molecule has 16 heavy (non-hydrogen) atoms. The van der Waals surface area contributed by atoms with Crippen molar-refractivity contribution in [1.82, 2.24) is 10.3 Å². The van der Waals surface area contributed by atoms with Gasteiger partial charge in [-0.15, -0.1) is 22.7 Å². The van der Waals surface area contributed by atoms with Crippen molar-refractivity contribution in [2.24, 2.45) is 0 Å². The van der Waals surface area contributed by atoms with Crippen molar-refractivity contribution < 1.29 is 0 Å². The van der Waals surface area contributed by atoms with Gasteiger partial charge in [0.1, 0.15) is 0 Å². The van der Waals surface area contributed by atoms with Gasteiger partial charge in [-0.3, -0.25) is 0 Å². The normalized spacial score (nSPS) is 12.9. The number of nitrogens with zero attached hydrogens (tertiary/aromatic N) is 1. The van der Waals surface area contributed by atoms with Gasteiger partial charge in [0.15, 0.2) is 0 Å². The van der Waals surface area contributed by atoms with Crippen LogP contribution in [0.15, 0.2) is 17.5 Å². The summed E-state index contributed by atoms with van der Waals surface area (Å²) in [5, 5.41) is 6.81. The van der Waals surface area contributed by atoms with Crippen LogP contribution in [-0.4, -0.2) is 4.98 Å². The molecule has 2 aromatic rings. The number of rotatable bonds is 4. The summed E-state index contributed by atoms with van der Waals surface area (Å²) in [5.74, 6) is 0. The van der Waals surface area contributed by atoms with Gasteiger partial charge in [-0.05, 0) is 32.2 Å². The van der Waals surface area contributed by atoms with Gasteiger partial charge < -0.3 is 5.32 Å². The van der Waals surface area contributed by atoms with Crippen molar-refractivity contribution in [2.45, 2.75) is 33.4 Å². The number of nitrogens with one attached hydrogen (secondary N) is 1. The minimum Gasteiger partial charge on any atom is -0.304 e. The lowest BCUT2D eigenvalue weighted by Gasteiger charge is -2.11. The molecule has 0 saturated carbocycles. The van der Waals surface area contributed by atoms with E-state index in [1.165, 1.54) is 9.75 Å². The van der Waals surface area contributed by atoms with Crippen LogP contribution in [0.2, 0.25) is 0 Å². The molecule has 86 valence electrons. The molecule has 0 aliphatic rings. The van der Waals surface area contributed by atoms with Crippen LogP contribution in [0.25, 0.3) is 0 Å². The van der Waals surface area contributed by atoms with E-state index in [2.05, 4.69) is 48.6 Å². The van der Waals surface area contributed by atoms with Gasteiger partial charge >= 0.3 is 0 Å². The highest BCUT2D eigenvalue weighted by Gasteiger charge is 2.08. The second kappa shape index (κ2) is 5.08. The Morgan fingerprint density at radius 1 is 1.44 bits per heavy atom. The molecule has 0 radical (unpaired) electrons. The lowest BCUT2D eigenvalue weighted by molar-refractivity contribution is 0.585. The highest BCUT2D eigenvalue weighted by molar-refractivity contribution is 7.11. The quantitative estimate of drug-likeness (QED) is 0.898. The van der Waals surface area contributed by atoms with Gasteiger partial charge in [0.05, 0.1) is 10.7 Å². The van der Waals surface area contributed by atoms with Crippen LogP contribution in [0.4, 0.5) is 0 Å². The van der Waals surface area contributed by atoms with E-state index in [9.17, 15) is 0 Å². The first-order valence-electron chi connectivity index (χ1n) is 5.36. The molecule has 0 amide bonds. The summed E-state index contributed by atoms with van der Waals surface area (Å²) < 4.78 is 0. The SMILES string of the molecule is Cc1nc(C)c(CN[C@H](C)c2cccs2)s1. The smallest absolute Gasteiger partial charge is 0.0900 e. The Kier molecular flexibility index (Phi) is 3.74. The van der Waals surface area contributed by atoms with E-state index in [1.54, 1.807) is 22.7 Å². The monoisotopic (exact) mass is 252 g/mol. The summed E-state index contributed by atoms with van der Waals surface area (Å²) >= 11 is 3.58. The number of aryl methyl sites for hydroxylation is 2. The second-order valence-electron chi connectivity index (χ2n) is 3.86. The van der Waals surface area contributed by atoms with Crippen molar-refractivity contribution >= 4 is 22.7 Å². The molecule has 2 aromatic heterocycles. The van der Waals surface area contributed by atoms with E-state index in [-0.39, 0.29) is 0 Å². The Hall–Kier alpha value is -0.710. The van der Waals surface area contributed by atoms with E-state index >= 15 is 0 Å². The zero-order valence-corrected chi connectivity index (χ0v) is 11.4. The molecule has 0 fully saturated rings. The Balaban J connectivity index is 1.95. The number of hydrogen-bond donors (Lipinski definition) is 1. The van der Waals surface area contributed by atoms with Gasteiger partial charge in [-0.25, -0.2) is 4.98 Å². The third-order valence-corrected chi connectivity index (χ3v) is 4.67. The third kappa shape index (κ3) is 2.70. The van der Waals surface area contributed by atoms with Crippen LogP contribution in [-0.2, 0) is 6.54 Å². The van der Waals surface area contributed by atoms with Crippen molar-refractivity contribution in [3.05, 3.63) is 38.0 Å². The standard InChI is InChI=1S/C12H16N2S2/c1-8(11-5-4-6-15-11)13-7-12-9(2)14-10(3)16-12/h4-6,8,13H,7H2,1-3H3/t8-/m1/s1. The summed E-state index contributed by atoms with van der Waals surface area (Å²) in [4.78, 5) is 7.17. The minimum absolute atomic E-state index is 0.418. The Morgan fingerprint density at radius 2 is 2.25 bits per heavy atom. The Labute approximate surface area is 104 Å². The molecule has 0 aliphatic heterocycles. The third-order valence-electron chi connectivity index (χ3n) is 2.54. The molecule has 0 saturated heterocycles. The fraction of sp³-hybridized carbons (Fsp3) is 0.417. The molecule has 1 atom stereocenters. The summed E-state index contributed by atoms with van der Waals surface area (Å²) in [6, 6.07) is 4.69. The number of aromatic nitrogens is 1. The zero-order chi connectivity index (χ0) is 11.5. The zero-order valence-electron chi connectivity index (χ0n) is 9.78. The molecule has 1 N–H and O–H groups in total. The molecule has 4 heteroatoms. The molecule has 0 aliphatic carbocycles. The van der Waals surface area contributed by atoms with Crippen LogP contribution in [0.5, 0.6) is 0 Å². The maximum Gasteiger partial charge on any atom is 0.0900 e. The second-order valence-corrected chi connectivity index (χ2v) is 6.13. The van der Waals surface area contributed by atoms with Gasteiger partial charge in [0.2, 0.25) is 0 Å². The van der Waals surface area contributed by atoms with Crippen LogP contribution < -0.4 is 5.32 Å². The largest absolute Gasteiger partial charge is 0.304 e. The Bertz CT molecular complexity index is 446. The predicted octanol–water partition coefficient (Wildman–Crippen LogP) is 3.67. The summed E-state index contributed by atoms with van der Waals surface area (Å²) in [6.07, 6.45) is 0. The number of thiophene rings is 1. The molecule has 0 bridgehead atoms. The number of hydrogen-bond acceptors (Lipinski definition) is 4. The molecular weight excluding hydrogens is 236 g/mol. The van der Waals surface area contributed by atoms with Crippen LogP contribution in [0.1, 0.15) is 33.4 Å². The molecule has 0 spiro atoms. The van der Waals surface area contributed by atoms with Crippen molar-refractivity contribution in [1.29, 1.82) is 0 Å². The minimum atomic E-state index is 0.418. The molecule has 2 heterocycles. The van der Waals surface area contributed by atoms with E-state index in [0.29, 0.717) is 6.04 Å². The van der Waals surface area contributed by atoms with Gasteiger partial charge in [-0.2, -0.15) is 0 Å². The Morgan fingerprint density at radius 3 is 2.81 bits per heavy atom. The van der Waals surface area contributed by atoms with Gasteiger partial charge in [0.25, 0.3) is 0 Å². The van der Waals surface area contributed by atoms with E-state index in [0.717, 1.165) is 17.2 Å². The summed E-state index contributed by atoms with van der Waals surface area (Å²) in [7, 11) is 0. The van der Waals surface area contributed by atoms with E-state index in [1.807, 2.05) is 0 Å². The summed E-state index contributed by atoms with van der Waals surface area (Å²) in [5.41, 5.74) is 1.16. The lowest BCUT2D eigenvalue weighted by atomic mass is 10.2. The lowest BCUT2D eigenvalue weighted by Crippen LogP contribution is -2.16. The first-order valence-corrected chi connectivity index (χ1v) is 7.06. The van der Waals surface area contributed by atoms with Gasteiger partial charge in [0, 0.05) is 22.3 Å². The maximum absolute atomic E-state index is 4.43. The van der Waals surface area contributed by atoms with Crippen molar-refractivity contribution in [2.75, 3.05) is 0 Å². The van der Waals surface area contributed by atoms with Crippen LogP contribution in [0, 0.1) is 13.8 Å². The highest BCUT2D eigenvalue weighted by Crippen LogP contribution is 2.21. The predicted molar refractivity (Wildman–Crippen MR) is 71.2 cm³/mol. The van der Waals surface area contributed by atoms with Gasteiger partial charge in [-0.1, -0.05) is 6.07 Å². The van der Waals surface area contributed by atoms with Crippen LogP contribution in [0.3, 0.4) is 0 Å². The topological polar surface area (TPSA) is 24.9 Å². The molecule has 0 aromatic carbocycles. The molecule has 2 nitrogen and oxygen atoms in total. The molecular formula is C12H16N2S2. The highest BCUT2D eigenvalue weighted by atomic mass is 32.1. The fourth-order valence-corrected chi connectivity index (χ4v) is 3.27. The maximum atomic E-state index is 4.43. The first-order chi connectivity index (χ1) is 7.66.